The molecular weight excluding hydrogens is 444 g/mol. The van der Waals surface area contributed by atoms with E-state index in [1.807, 2.05) is 19.1 Å². The summed E-state index contributed by atoms with van der Waals surface area (Å²) in [6.07, 6.45) is -5.33. The number of rotatable bonds is 6. The van der Waals surface area contributed by atoms with E-state index in [2.05, 4.69) is 15.0 Å². The number of hydrogen-bond acceptors (Lipinski definition) is 10. The first-order valence-electron chi connectivity index (χ1n) is 10.3. The van der Waals surface area contributed by atoms with Crippen molar-refractivity contribution >= 4 is 39.9 Å². The fourth-order valence-corrected chi connectivity index (χ4v) is 3.41. The number of nitrogens with zero attached hydrogens (tertiary/aromatic N) is 2. The van der Waals surface area contributed by atoms with Crippen LogP contribution in [0.1, 0.15) is 15.9 Å². The van der Waals surface area contributed by atoms with Gasteiger partial charge in [0.2, 0.25) is 11.9 Å². The molecule has 3 aromatic rings. The molecule has 3 atom stereocenters. The zero-order valence-corrected chi connectivity index (χ0v) is 17.9. The molecule has 1 fully saturated rings. The van der Waals surface area contributed by atoms with E-state index < -0.39 is 48.4 Å². The molecule has 1 aliphatic rings. The lowest BCUT2D eigenvalue weighted by Gasteiger charge is -2.16. The number of azo groups is 1. The number of aliphatic hydroxyl groups is 2. The van der Waals surface area contributed by atoms with E-state index in [4.69, 9.17) is 4.74 Å². The number of carbonyl (C=O) groups is 3. The third kappa shape index (κ3) is 4.49. The fourth-order valence-electron chi connectivity index (χ4n) is 3.41. The summed E-state index contributed by atoms with van der Waals surface area (Å²) in [7, 11) is 0. The third-order valence-corrected chi connectivity index (χ3v) is 5.27. The van der Waals surface area contributed by atoms with Crippen molar-refractivity contribution in [3.8, 4) is 5.75 Å². The number of ketones is 1. The molecule has 4 rings (SSSR count). The van der Waals surface area contributed by atoms with Gasteiger partial charge in [0.25, 0.3) is 0 Å². The lowest BCUT2D eigenvalue weighted by Crippen LogP contribution is -2.38. The molecule has 1 saturated heterocycles. The number of esters is 2. The van der Waals surface area contributed by atoms with Crippen molar-refractivity contribution in [3.63, 3.8) is 0 Å². The number of Topliss-reactive ketones (excluding diaryl/α,β-unsaturated/α-hetero) is 1. The van der Waals surface area contributed by atoms with Crippen LogP contribution in [0, 0.1) is 6.92 Å². The zero-order chi connectivity index (χ0) is 24.4. The second-order valence-corrected chi connectivity index (χ2v) is 7.71. The Morgan fingerprint density at radius 2 is 1.82 bits per heavy atom. The van der Waals surface area contributed by atoms with E-state index in [-0.39, 0.29) is 11.3 Å². The first-order chi connectivity index (χ1) is 16.3. The lowest BCUT2D eigenvalue weighted by molar-refractivity contribution is -0.151. The van der Waals surface area contributed by atoms with Crippen molar-refractivity contribution in [3.05, 3.63) is 65.7 Å². The van der Waals surface area contributed by atoms with Gasteiger partial charge < -0.3 is 24.8 Å². The van der Waals surface area contributed by atoms with Gasteiger partial charge in [-0.25, -0.2) is 9.59 Å². The highest BCUT2D eigenvalue weighted by Crippen LogP contribution is 2.39. The smallest absolute Gasteiger partial charge is 0.343 e. The Labute approximate surface area is 193 Å². The number of phenols is 1. The number of phenolic OH excluding ortho intramolecular Hbond substituents is 1. The minimum Gasteiger partial charge on any atom is -0.505 e. The number of hydrogen-bond donors (Lipinski definition) is 3. The Hall–Kier alpha value is -4.15. The van der Waals surface area contributed by atoms with Crippen LogP contribution in [0.2, 0.25) is 0 Å². The minimum absolute atomic E-state index is 0.0502. The predicted molar refractivity (Wildman–Crippen MR) is 118 cm³/mol. The molecule has 0 amide bonds. The van der Waals surface area contributed by atoms with E-state index in [1.54, 1.807) is 36.4 Å². The Bertz CT molecular complexity index is 1300. The molecule has 0 radical (unpaired) electrons. The summed E-state index contributed by atoms with van der Waals surface area (Å²) in [5, 5.41) is 39.7. The highest BCUT2D eigenvalue weighted by Gasteiger charge is 2.46. The Morgan fingerprint density at radius 3 is 2.50 bits per heavy atom. The van der Waals surface area contributed by atoms with Crippen LogP contribution in [0.15, 0.2) is 64.8 Å². The summed E-state index contributed by atoms with van der Waals surface area (Å²) in [4.78, 5) is 35.7. The fraction of sp³-hybridized carbons (Fsp3) is 0.208. The molecule has 0 bridgehead atoms. The summed E-state index contributed by atoms with van der Waals surface area (Å²) in [6, 6.07) is 15.5. The van der Waals surface area contributed by atoms with Gasteiger partial charge in [0.15, 0.2) is 11.9 Å². The number of aryl methyl sites for hydroxylation is 1. The van der Waals surface area contributed by atoms with Crippen molar-refractivity contribution in [2.45, 2.75) is 25.2 Å². The van der Waals surface area contributed by atoms with Gasteiger partial charge >= 0.3 is 11.9 Å². The van der Waals surface area contributed by atoms with Gasteiger partial charge in [0, 0.05) is 5.39 Å². The Balaban J connectivity index is 1.59. The van der Waals surface area contributed by atoms with Crippen LogP contribution in [-0.2, 0) is 19.1 Å². The molecule has 0 saturated carbocycles. The van der Waals surface area contributed by atoms with Crippen LogP contribution in [0.4, 0.5) is 11.4 Å². The van der Waals surface area contributed by atoms with Gasteiger partial charge in [-0.05, 0) is 30.5 Å². The second-order valence-electron chi connectivity index (χ2n) is 7.71. The molecule has 0 aromatic heterocycles. The molecule has 3 unspecified atom stereocenters. The minimum atomic E-state index is -1.98. The highest BCUT2D eigenvalue weighted by atomic mass is 16.6. The van der Waals surface area contributed by atoms with Crippen LogP contribution >= 0.6 is 0 Å². The van der Waals surface area contributed by atoms with Gasteiger partial charge in [-0.15, -0.1) is 5.11 Å². The summed E-state index contributed by atoms with van der Waals surface area (Å²) >= 11 is 0. The number of ether oxygens (including phenoxy) is 2. The predicted octanol–water partition coefficient (Wildman–Crippen LogP) is 2.64. The van der Waals surface area contributed by atoms with Gasteiger partial charge in [0.1, 0.15) is 24.0 Å². The van der Waals surface area contributed by atoms with Crippen molar-refractivity contribution in [2.24, 2.45) is 10.2 Å². The normalized spacial score (nSPS) is 18.9. The molecule has 1 aliphatic heterocycles. The summed E-state index contributed by atoms with van der Waals surface area (Å²) in [6.45, 7) is 1.21. The molecule has 3 aromatic carbocycles. The molecule has 1 heterocycles. The number of fused-ring (bicyclic) bond motifs is 1. The molecule has 10 heteroatoms. The number of cyclic esters (lactones) is 1. The number of benzene rings is 3. The summed E-state index contributed by atoms with van der Waals surface area (Å²) < 4.78 is 9.65. The van der Waals surface area contributed by atoms with Crippen LogP contribution in [0.3, 0.4) is 0 Å². The average Bonchev–Trinajstić information content (AvgIpc) is 3.09. The average molecular weight is 464 g/mol. The SMILES string of the molecule is Cc1ccc(N=Nc2c(O)c(C(=O)OCC(O)C3OC(=O)C(O)C3=O)cc3ccccc23)cc1. The first kappa shape index (κ1) is 23.0. The number of carbonyl (C=O) groups excluding carboxylic acids is 3. The quantitative estimate of drug-likeness (QED) is 0.286. The van der Waals surface area contributed by atoms with Gasteiger partial charge in [0.05, 0.1) is 5.69 Å². The number of aromatic hydroxyl groups is 1. The molecule has 10 nitrogen and oxygen atoms in total. The topological polar surface area (TPSA) is 155 Å². The van der Waals surface area contributed by atoms with Crippen LogP contribution < -0.4 is 0 Å². The first-order valence-corrected chi connectivity index (χ1v) is 10.3. The van der Waals surface area contributed by atoms with Crippen molar-refractivity contribution < 1.29 is 39.2 Å². The van der Waals surface area contributed by atoms with Gasteiger partial charge in [-0.3, -0.25) is 4.79 Å². The van der Waals surface area contributed by atoms with Crippen LogP contribution in [0.5, 0.6) is 5.75 Å². The maximum absolute atomic E-state index is 12.7. The molecule has 0 aliphatic carbocycles. The van der Waals surface area contributed by atoms with E-state index in [9.17, 15) is 29.7 Å². The van der Waals surface area contributed by atoms with E-state index in [0.29, 0.717) is 16.5 Å². The largest absolute Gasteiger partial charge is 0.505 e. The standard InChI is InChI=1S/C24H20N2O8/c1-12-6-8-14(9-7-12)25-26-18-15-5-3-2-4-13(15)10-16(19(18)28)23(31)33-11-17(27)22-20(29)21(30)24(32)34-22/h2-10,17,21-22,27-28,30H,11H2,1H3. The van der Waals surface area contributed by atoms with Crippen molar-refractivity contribution in [2.75, 3.05) is 6.61 Å². The summed E-state index contributed by atoms with van der Waals surface area (Å²) in [5.74, 6) is -3.70. The lowest BCUT2D eigenvalue weighted by atomic mass is 10.0. The maximum atomic E-state index is 12.7. The van der Waals surface area contributed by atoms with Crippen LogP contribution in [0.25, 0.3) is 10.8 Å². The maximum Gasteiger partial charge on any atom is 0.343 e. The van der Waals surface area contributed by atoms with E-state index in [1.165, 1.54) is 6.07 Å². The van der Waals surface area contributed by atoms with Gasteiger partial charge in [-0.2, -0.15) is 5.11 Å². The van der Waals surface area contributed by atoms with E-state index in [0.717, 1.165) is 5.56 Å². The zero-order valence-electron chi connectivity index (χ0n) is 17.9. The van der Waals surface area contributed by atoms with Crippen LogP contribution in [-0.4, -0.2) is 58.0 Å². The van der Waals surface area contributed by atoms with Crippen molar-refractivity contribution in [1.29, 1.82) is 0 Å². The van der Waals surface area contributed by atoms with Crippen molar-refractivity contribution in [1.82, 2.24) is 0 Å². The third-order valence-electron chi connectivity index (χ3n) is 5.27. The Morgan fingerprint density at radius 1 is 1.12 bits per heavy atom. The number of aliphatic hydroxyl groups excluding tert-OH is 2. The molecular formula is C24H20N2O8. The Kier molecular flexibility index (Phi) is 6.35. The highest BCUT2D eigenvalue weighted by molar-refractivity contribution is 6.09. The molecule has 174 valence electrons. The van der Waals surface area contributed by atoms with E-state index >= 15 is 0 Å². The summed E-state index contributed by atoms with van der Waals surface area (Å²) in [5.41, 5.74) is 1.40. The second kappa shape index (κ2) is 9.38. The molecule has 0 spiro atoms. The van der Waals surface area contributed by atoms with Gasteiger partial charge in [-0.1, -0.05) is 42.0 Å². The molecule has 3 N–H and O–H groups in total. The monoisotopic (exact) mass is 464 g/mol. The molecule has 34 heavy (non-hydrogen) atoms.